The number of nitrogens with zero attached hydrogens (tertiary/aromatic N) is 1. The van der Waals surface area contributed by atoms with Crippen LogP contribution in [-0.4, -0.2) is 50.3 Å². The second-order valence-electron chi connectivity index (χ2n) is 9.66. The summed E-state index contributed by atoms with van der Waals surface area (Å²) in [6.07, 6.45) is 7.88. The SMILES string of the molecule is CCOC(=O)C1CCCC1.CCOC(=O)C1CCCN1c1cc(C)ccc1C=O.Cc1ccc(C=O)c(Br)c1. The fourth-order valence-electron chi connectivity index (χ4n) is 4.69. The second kappa shape index (κ2) is 16.9. The lowest BCUT2D eigenvalue weighted by molar-refractivity contribution is -0.147. The summed E-state index contributed by atoms with van der Waals surface area (Å²) in [4.78, 5) is 46.4. The van der Waals surface area contributed by atoms with Crippen LogP contribution in [0, 0.1) is 19.8 Å². The van der Waals surface area contributed by atoms with Gasteiger partial charge in [-0.2, -0.15) is 0 Å². The van der Waals surface area contributed by atoms with Crippen LogP contribution in [0.2, 0.25) is 0 Å². The Labute approximate surface area is 240 Å². The van der Waals surface area contributed by atoms with E-state index in [1.54, 1.807) is 19.1 Å². The van der Waals surface area contributed by atoms with Crippen LogP contribution in [0.4, 0.5) is 5.69 Å². The van der Waals surface area contributed by atoms with E-state index in [2.05, 4.69) is 15.9 Å². The van der Waals surface area contributed by atoms with Crippen LogP contribution >= 0.6 is 15.9 Å². The van der Waals surface area contributed by atoms with Crippen molar-refractivity contribution in [2.45, 2.75) is 72.3 Å². The Bertz CT molecular complexity index is 1110. The molecule has 0 aromatic heterocycles. The predicted octanol–water partition coefficient (Wildman–Crippen LogP) is 6.65. The number of aldehydes is 2. The Hall–Kier alpha value is -3.00. The van der Waals surface area contributed by atoms with Crippen LogP contribution < -0.4 is 4.90 Å². The summed E-state index contributed by atoms with van der Waals surface area (Å²) in [5.41, 5.74) is 4.39. The molecule has 1 aliphatic heterocycles. The third-order valence-corrected chi connectivity index (χ3v) is 7.38. The van der Waals surface area contributed by atoms with E-state index >= 15 is 0 Å². The Morgan fingerprint density at radius 3 is 1.97 bits per heavy atom. The summed E-state index contributed by atoms with van der Waals surface area (Å²) in [5, 5.41) is 0. The number of anilines is 1. The average Bonchev–Trinajstić information content (AvgIpc) is 3.63. The van der Waals surface area contributed by atoms with Crippen LogP contribution in [-0.2, 0) is 19.1 Å². The van der Waals surface area contributed by atoms with Crippen LogP contribution in [0.25, 0.3) is 0 Å². The topological polar surface area (TPSA) is 90.0 Å². The number of hydrogen-bond donors (Lipinski definition) is 0. The Morgan fingerprint density at radius 1 is 0.846 bits per heavy atom. The van der Waals surface area contributed by atoms with Gasteiger partial charge in [0.2, 0.25) is 0 Å². The first-order chi connectivity index (χ1) is 18.7. The number of esters is 2. The summed E-state index contributed by atoms with van der Waals surface area (Å²) in [6.45, 7) is 9.32. The van der Waals surface area contributed by atoms with E-state index in [0.717, 1.165) is 66.1 Å². The molecule has 1 saturated heterocycles. The molecular weight excluding hydrogens is 562 g/mol. The third kappa shape index (κ3) is 9.92. The van der Waals surface area contributed by atoms with Gasteiger partial charge in [0.1, 0.15) is 6.04 Å². The molecule has 2 aromatic rings. The lowest BCUT2D eigenvalue weighted by atomic mass is 10.1. The highest BCUT2D eigenvalue weighted by atomic mass is 79.9. The Balaban J connectivity index is 0.000000225. The first-order valence-electron chi connectivity index (χ1n) is 13.6. The van der Waals surface area contributed by atoms with Gasteiger partial charge in [0.05, 0.1) is 19.1 Å². The quantitative estimate of drug-likeness (QED) is 0.259. The van der Waals surface area contributed by atoms with Gasteiger partial charge in [-0.25, -0.2) is 4.79 Å². The number of hydrogen-bond acceptors (Lipinski definition) is 7. The smallest absolute Gasteiger partial charge is 0.328 e. The molecule has 8 heteroatoms. The summed E-state index contributed by atoms with van der Waals surface area (Å²) in [6, 6.07) is 11.0. The minimum Gasteiger partial charge on any atom is -0.466 e. The number of aryl methyl sites for hydroxylation is 2. The van der Waals surface area contributed by atoms with Gasteiger partial charge < -0.3 is 14.4 Å². The molecule has 2 aliphatic rings. The van der Waals surface area contributed by atoms with Gasteiger partial charge in [-0.3, -0.25) is 14.4 Å². The van der Waals surface area contributed by atoms with Gasteiger partial charge in [-0.1, -0.05) is 47.0 Å². The van der Waals surface area contributed by atoms with E-state index in [1.807, 2.05) is 49.9 Å². The molecule has 0 spiro atoms. The molecule has 0 bridgehead atoms. The first-order valence-corrected chi connectivity index (χ1v) is 14.4. The highest BCUT2D eigenvalue weighted by molar-refractivity contribution is 9.10. The van der Waals surface area contributed by atoms with E-state index in [-0.39, 0.29) is 23.9 Å². The summed E-state index contributed by atoms with van der Waals surface area (Å²) >= 11 is 3.28. The predicted molar refractivity (Wildman–Crippen MR) is 156 cm³/mol. The molecular formula is C31H40BrNO6. The monoisotopic (exact) mass is 601 g/mol. The minimum atomic E-state index is -0.263. The van der Waals surface area contributed by atoms with Crippen LogP contribution in [0.5, 0.6) is 0 Å². The molecule has 2 fully saturated rings. The van der Waals surface area contributed by atoms with E-state index in [1.165, 1.54) is 12.8 Å². The molecule has 7 nitrogen and oxygen atoms in total. The van der Waals surface area contributed by atoms with Crippen molar-refractivity contribution in [2.75, 3.05) is 24.7 Å². The number of halogens is 1. The fourth-order valence-corrected chi connectivity index (χ4v) is 5.28. The van der Waals surface area contributed by atoms with Crippen molar-refractivity contribution in [1.29, 1.82) is 0 Å². The number of ether oxygens (including phenoxy) is 2. The lowest BCUT2D eigenvalue weighted by Gasteiger charge is -2.26. The Kier molecular flexibility index (Phi) is 13.9. The summed E-state index contributed by atoms with van der Waals surface area (Å²) < 4.78 is 10.9. The van der Waals surface area contributed by atoms with E-state index in [4.69, 9.17) is 9.47 Å². The van der Waals surface area contributed by atoms with E-state index < -0.39 is 0 Å². The summed E-state index contributed by atoms with van der Waals surface area (Å²) in [7, 11) is 0. The van der Waals surface area contributed by atoms with Crippen molar-refractivity contribution in [3.8, 4) is 0 Å². The average molecular weight is 603 g/mol. The number of rotatable bonds is 7. The van der Waals surface area contributed by atoms with Crippen LogP contribution in [0.3, 0.4) is 0 Å². The maximum Gasteiger partial charge on any atom is 0.328 e. The molecule has 0 N–H and O–H groups in total. The molecule has 1 atom stereocenters. The van der Waals surface area contributed by atoms with Gasteiger partial charge in [0, 0.05) is 27.8 Å². The normalized spacial score (nSPS) is 16.3. The largest absolute Gasteiger partial charge is 0.466 e. The van der Waals surface area contributed by atoms with Gasteiger partial charge in [0.25, 0.3) is 0 Å². The Morgan fingerprint density at radius 2 is 1.41 bits per heavy atom. The first kappa shape index (κ1) is 32.2. The molecule has 0 amide bonds. The van der Waals surface area contributed by atoms with Gasteiger partial charge in [0.15, 0.2) is 12.6 Å². The van der Waals surface area contributed by atoms with E-state index in [9.17, 15) is 19.2 Å². The standard InChI is InChI=1S/C15H19NO3.C8H7BrO.C8H14O2/c1-3-19-15(18)13-5-4-8-16(13)14-9-11(2)6-7-12(14)10-17;1-6-2-3-7(5-10)8(9)4-6;1-2-10-8(9)7-5-3-4-6-7/h6-7,9-10,13H,3-5,8H2,1-2H3;2-5H,1H3;7H,2-6H2,1H3. The van der Waals surface area contributed by atoms with Crippen molar-refractivity contribution < 1.29 is 28.7 Å². The maximum absolute atomic E-state index is 12.0. The van der Waals surface area contributed by atoms with Crippen molar-refractivity contribution >= 4 is 46.1 Å². The molecule has 1 heterocycles. The number of carbonyl (C=O) groups is 4. The third-order valence-electron chi connectivity index (χ3n) is 6.69. The minimum absolute atomic E-state index is 0.0139. The summed E-state index contributed by atoms with van der Waals surface area (Å²) in [5.74, 6) is 0.0401. The molecule has 212 valence electrons. The molecule has 0 radical (unpaired) electrons. The molecule has 1 saturated carbocycles. The number of benzene rings is 2. The maximum atomic E-state index is 12.0. The van der Waals surface area contributed by atoms with Gasteiger partial charge in [-0.15, -0.1) is 0 Å². The van der Waals surface area contributed by atoms with Crippen molar-refractivity contribution in [2.24, 2.45) is 5.92 Å². The molecule has 2 aromatic carbocycles. The van der Waals surface area contributed by atoms with E-state index in [0.29, 0.717) is 24.3 Å². The van der Waals surface area contributed by atoms with Crippen molar-refractivity contribution in [1.82, 2.24) is 0 Å². The van der Waals surface area contributed by atoms with Gasteiger partial charge in [-0.05, 0) is 82.7 Å². The van der Waals surface area contributed by atoms with Crippen molar-refractivity contribution in [3.05, 3.63) is 63.1 Å². The fraction of sp³-hybridized carbons (Fsp3) is 0.484. The molecule has 1 aliphatic carbocycles. The molecule has 1 unspecified atom stereocenters. The van der Waals surface area contributed by atoms with Crippen LogP contribution in [0.1, 0.15) is 84.2 Å². The zero-order valence-corrected chi connectivity index (χ0v) is 25.0. The highest BCUT2D eigenvalue weighted by Crippen LogP contribution is 2.29. The van der Waals surface area contributed by atoms with Crippen LogP contribution in [0.15, 0.2) is 40.9 Å². The number of carbonyl (C=O) groups excluding carboxylic acids is 4. The molecule has 39 heavy (non-hydrogen) atoms. The van der Waals surface area contributed by atoms with Gasteiger partial charge >= 0.3 is 11.9 Å². The molecule has 4 rings (SSSR count). The zero-order chi connectivity index (χ0) is 28.8. The lowest BCUT2D eigenvalue weighted by Crippen LogP contribution is -2.37. The van der Waals surface area contributed by atoms with Crippen molar-refractivity contribution in [3.63, 3.8) is 0 Å². The zero-order valence-electron chi connectivity index (χ0n) is 23.4. The second-order valence-corrected chi connectivity index (χ2v) is 10.5. The highest BCUT2D eigenvalue weighted by Gasteiger charge is 2.33.